The average molecular weight is 275 g/mol. The van der Waals surface area contributed by atoms with Crippen LogP contribution in [0, 0.1) is 0 Å². The van der Waals surface area contributed by atoms with E-state index in [0.717, 1.165) is 5.56 Å². The van der Waals surface area contributed by atoms with Crippen molar-refractivity contribution >= 4 is 47.4 Å². The highest BCUT2D eigenvalue weighted by Gasteiger charge is 2.09. The Labute approximate surface area is 103 Å². The molecule has 0 aliphatic carbocycles. The van der Waals surface area contributed by atoms with Crippen molar-refractivity contribution in [3.8, 4) is 0 Å². The van der Waals surface area contributed by atoms with E-state index in [-0.39, 0.29) is 12.4 Å². The topological polar surface area (TPSA) is 51.8 Å². The first-order valence-electron chi connectivity index (χ1n) is 3.65. The number of hydrogen-bond donors (Lipinski definition) is 1. The molecule has 0 fully saturated rings. The molecule has 7 heteroatoms. The molecule has 0 aromatic carbocycles. The third-order valence-electron chi connectivity index (χ3n) is 1.46. The van der Waals surface area contributed by atoms with Crippen molar-refractivity contribution in [3.63, 3.8) is 0 Å². The SMILES string of the molecule is CSc1nc(Cl)c(CCN)c(Cl)n1.Cl. The van der Waals surface area contributed by atoms with E-state index < -0.39 is 0 Å². The molecule has 0 saturated heterocycles. The normalized spacial score (nSPS) is 9.71. The van der Waals surface area contributed by atoms with Gasteiger partial charge < -0.3 is 5.73 Å². The van der Waals surface area contributed by atoms with E-state index in [1.165, 1.54) is 11.8 Å². The monoisotopic (exact) mass is 273 g/mol. The highest BCUT2D eigenvalue weighted by atomic mass is 35.5. The smallest absolute Gasteiger partial charge is 0.190 e. The molecule has 1 rings (SSSR count). The van der Waals surface area contributed by atoms with Crippen LogP contribution in [0.3, 0.4) is 0 Å². The molecular weight excluding hydrogens is 265 g/mol. The van der Waals surface area contributed by atoms with Crippen molar-refractivity contribution in [2.75, 3.05) is 12.8 Å². The summed E-state index contributed by atoms with van der Waals surface area (Å²) in [5, 5.41) is 1.38. The number of nitrogens with zero attached hydrogens (tertiary/aromatic N) is 2. The minimum Gasteiger partial charge on any atom is -0.330 e. The molecule has 80 valence electrons. The Morgan fingerprint density at radius 2 is 1.79 bits per heavy atom. The summed E-state index contributed by atoms with van der Waals surface area (Å²) in [6.45, 7) is 0.488. The first kappa shape index (κ1) is 14.3. The van der Waals surface area contributed by atoms with Crippen LogP contribution in [0.25, 0.3) is 0 Å². The first-order valence-corrected chi connectivity index (χ1v) is 5.63. The third-order valence-corrected chi connectivity index (χ3v) is 2.64. The molecule has 3 nitrogen and oxygen atoms in total. The van der Waals surface area contributed by atoms with Gasteiger partial charge in [-0.1, -0.05) is 35.0 Å². The second-order valence-electron chi connectivity index (χ2n) is 2.31. The first-order chi connectivity index (χ1) is 6.19. The number of thioether (sulfide) groups is 1. The molecule has 0 spiro atoms. The zero-order valence-corrected chi connectivity index (χ0v) is 10.6. The van der Waals surface area contributed by atoms with Crippen molar-refractivity contribution < 1.29 is 0 Å². The summed E-state index contributed by atoms with van der Waals surface area (Å²) < 4.78 is 0. The van der Waals surface area contributed by atoms with E-state index in [2.05, 4.69) is 9.97 Å². The highest BCUT2D eigenvalue weighted by Crippen LogP contribution is 2.24. The Morgan fingerprint density at radius 1 is 1.29 bits per heavy atom. The van der Waals surface area contributed by atoms with Crippen molar-refractivity contribution in [2.24, 2.45) is 5.73 Å². The molecule has 0 bridgehead atoms. The summed E-state index contributed by atoms with van der Waals surface area (Å²) in [6.07, 6.45) is 2.47. The predicted molar refractivity (Wildman–Crippen MR) is 63.8 cm³/mol. The van der Waals surface area contributed by atoms with E-state index in [0.29, 0.717) is 28.4 Å². The fourth-order valence-corrected chi connectivity index (χ4v) is 1.90. The van der Waals surface area contributed by atoms with Crippen LogP contribution in [0.5, 0.6) is 0 Å². The quantitative estimate of drug-likeness (QED) is 0.522. The predicted octanol–water partition coefficient (Wildman–Crippen LogP) is 2.43. The van der Waals surface area contributed by atoms with Gasteiger partial charge in [0.05, 0.1) is 0 Å². The van der Waals surface area contributed by atoms with Crippen molar-refractivity contribution in [3.05, 3.63) is 15.9 Å². The number of halogens is 3. The Morgan fingerprint density at radius 3 is 2.14 bits per heavy atom. The molecule has 1 heterocycles. The fourth-order valence-electron chi connectivity index (χ4n) is 0.855. The van der Waals surface area contributed by atoms with E-state index in [1.54, 1.807) is 0 Å². The highest BCUT2D eigenvalue weighted by molar-refractivity contribution is 7.98. The number of aromatic nitrogens is 2. The number of rotatable bonds is 3. The van der Waals surface area contributed by atoms with Crippen LogP contribution in [0.4, 0.5) is 0 Å². The lowest BCUT2D eigenvalue weighted by Crippen LogP contribution is -2.06. The summed E-state index contributed by atoms with van der Waals surface area (Å²) in [5.41, 5.74) is 6.12. The van der Waals surface area contributed by atoms with Gasteiger partial charge in [-0.2, -0.15) is 0 Å². The van der Waals surface area contributed by atoms with Crippen LogP contribution in [0.2, 0.25) is 10.3 Å². The largest absolute Gasteiger partial charge is 0.330 e. The minimum atomic E-state index is 0. The molecule has 0 amide bonds. The number of nitrogens with two attached hydrogens (primary N) is 1. The Hall–Kier alpha value is 0.260. The standard InChI is InChI=1S/C7H9Cl2N3S.ClH/c1-13-7-11-5(8)4(2-3-10)6(9)12-7;/h2-3,10H2,1H3;1H. The second-order valence-corrected chi connectivity index (χ2v) is 3.80. The van der Waals surface area contributed by atoms with Crippen LogP contribution < -0.4 is 5.73 Å². The summed E-state index contributed by atoms with van der Waals surface area (Å²) in [6, 6.07) is 0. The molecule has 0 atom stereocenters. The van der Waals surface area contributed by atoms with Crippen molar-refractivity contribution in [1.82, 2.24) is 9.97 Å². The zero-order chi connectivity index (χ0) is 9.84. The molecule has 0 aliphatic heterocycles. The molecule has 0 saturated carbocycles. The van der Waals surface area contributed by atoms with Gasteiger partial charge >= 0.3 is 0 Å². The van der Waals surface area contributed by atoms with Crippen LogP contribution in [0.1, 0.15) is 5.56 Å². The molecule has 0 radical (unpaired) electrons. The van der Waals surface area contributed by atoms with E-state index in [9.17, 15) is 0 Å². The molecule has 0 unspecified atom stereocenters. The lowest BCUT2D eigenvalue weighted by molar-refractivity contribution is 0.893. The molecule has 14 heavy (non-hydrogen) atoms. The maximum absolute atomic E-state index is 5.89. The van der Waals surface area contributed by atoms with Gasteiger partial charge in [-0.25, -0.2) is 9.97 Å². The lowest BCUT2D eigenvalue weighted by Gasteiger charge is -2.04. The maximum Gasteiger partial charge on any atom is 0.190 e. The van der Waals surface area contributed by atoms with Gasteiger partial charge in [-0.15, -0.1) is 12.4 Å². The van der Waals surface area contributed by atoms with Gasteiger partial charge in [0, 0.05) is 5.56 Å². The van der Waals surface area contributed by atoms with Crippen molar-refractivity contribution in [1.29, 1.82) is 0 Å². The lowest BCUT2D eigenvalue weighted by atomic mass is 10.2. The van der Waals surface area contributed by atoms with E-state index in [4.69, 9.17) is 28.9 Å². The van der Waals surface area contributed by atoms with Gasteiger partial charge in [-0.3, -0.25) is 0 Å². The molecule has 1 aromatic rings. The zero-order valence-electron chi connectivity index (χ0n) is 7.46. The Balaban J connectivity index is 0.00000169. The average Bonchev–Trinajstić information content (AvgIpc) is 2.11. The van der Waals surface area contributed by atoms with Gasteiger partial charge in [0.1, 0.15) is 10.3 Å². The summed E-state index contributed by atoms with van der Waals surface area (Å²) >= 11 is 13.2. The maximum atomic E-state index is 5.89. The molecule has 0 aliphatic rings. The second kappa shape index (κ2) is 6.69. The fraction of sp³-hybridized carbons (Fsp3) is 0.429. The summed E-state index contributed by atoms with van der Waals surface area (Å²) in [7, 11) is 0. The van der Waals surface area contributed by atoms with Gasteiger partial charge in [0.25, 0.3) is 0 Å². The van der Waals surface area contributed by atoms with Crippen LogP contribution in [0.15, 0.2) is 5.16 Å². The van der Waals surface area contributed by atoms with Crippen LogP contribution in [-0.2, 0) is 6.42 Å². The number of hydrogen-bond acceptors (Lipinski definition) is 4. The molecule has 2 N–H and O–H groups in total. The molecule has 1 aromatic heterocycles. The van der Waals surface area contributed by atoms with Crippen molar-refractivity contribution in [2.45, 2.75) is 11.6 Å². The van der Waals surface area contributed by atoms with Crippen LogP contribution in [-0.4, -0.2) is 22.8 Å². The summed E-state index contributed by atoms with van der Waals surface area (Å²) in [5.74, 6) is 0. The van der Waals surface area contributed by atoms with Gasteiger partial charge in [-0.05, 0) is 19.2 Å². The van der Waals surface area contributed by atoms with Crippen LogP contribution >= 0.6 is 47.4 Å². The Kier molecular flexibility index (Phi) is 6.81. The van der Waals surface area contributed by atoms with Gasteiger partial charge in [0.15, 0.2) is 5.16 Å². The minimum absolute atomic E-state index is 0. The van der Waals surface area contributed by atoms with E-state index >= 15 is 0 Å². The van der Waals surface area contributed by atoms with Gasteiger partial charge in [0.2, 0.25) is 0 Å². The summed E-state index contributed by atoms with van der Waals surface area (Å²) in [4.78, 5) is 8.10. The van der Waals surface area contributed by atoms with E-state index in [1.807, 2.05) is 6.26 Å². The Bertz CT molecular complexity index is 285. The third kappa shape index (κ3) is 3.44. The molecular formula is C7H10Cl3N3S.